The number of pyridine rings is 1. The lowest BCUT2D eigenvalue weighted by atomic mass is 10.3. The molecule has 0 aromatic carbocycles. The Labute approximate surface area is 160 Å². The van der Waals surface area contributed by atoms with E-state index in [2.05, 4.69) is 32.1 Å². The smallest absolute Gasteiger partial charge is 0.271 e. The Morgan fingerprint density at radius 1 is 1.15 bits per heavy atom. The maximum absolute atomic E-state index is 12.5. The topological polar surface area (TPSA) is 82.8 Å². The molecule has 0 radical (unpaired) electrons. The van der Waals surface area contributed by atoms with Crippen LogP contribution in [0.2, 0.25) is 0 Å². The fourth-order valence-corrected chi connectivity index (χ4v) is 3.82. The van der Waals surface area contributed by atoms with E-state index in [-0.39, 0.29) is 11.1 Å². The van der Waals surface area contributed by atoms with Crippen molar-refractivity contribution in [2.75, 3.05) is 43.4 Å². The van der Waals surface area contributed by atoms with Crippen molar-refractivity contribution in [1.29, 1.82) is 0 Å². The molecule has 8 nitrogen and oxygen atoms in total. The highest BCUT2D eigenvalue weighted by atomic mass is 32.1. The van der Waals surface area contributed by atoms with E-state index in [1.54, 1.807) is 18.5 Å². The molecule has 1 aliphatic rings. The first-order chi connectivity index (χ1) is 13.0. The number of fused-ring (bicyclic) bond motifs is 1. The first-order valence-corrected chi connectivity index (χ1v) is 9.51. The van der Waals surface area contributed by atoms with Gasteiger partial charge in [0.2, 0.25) is 0 Å². The second-order valence-corrected chi connectivity index (χ2v) is 7.83. The van der Waals surface area contributed by atoms with Gasteiger partial charge < -0.3 is 15.1 Å². The molecule has 1 saturated heterocycles. The monoisotopic (exact) mass is 384 g/mol. The number of anilines is 2. The van der Waals surface area contributed by atoms with Gasteiger partial charge in [0.05, 0.1) is 11.9 Å². The molecule has 0 aliphatic carbocycles. The average Bonchev–Trinajstić information content (AvgIpc) is 3.05. The van der Waals surface area contributed by atoms with Crippen molar-refractivity contribution in [2.45, 2.75) is 6.92 Å². The molecule has 3 aromatic rings. The summed E-state index contributed by atoms with van der Waals surface area (Å²) < 4.78 is 1.41. The summed E-state index contributed by atoms with van der Waals surface area (Å²) >= 11 is 1.41. The molecule has 27 heavy (non-hydrogen) atoms. The van der Waals surface area contributed by atoms with E-state index in [1.807, 2.05) is 13.0 Å². The number of carbonyl (C=O) groups is 1. The zero-order valence-electron chi connectivity index (χ0n) is 15.2. The SMILES string of the molecule is Cc1cn2c(=O)c(C(=O)Nc3ccc(N4CCN(C)CC4)nc3)cnc2s1. The molecule has 9 heteroatoms. The van der Waals surface area contributed by atoms with Gasteiger partial charge in [-0.25, -0.2) is 9.97 Å². The second-order valence-electron chi connectivity index (χ2n) is 6.62. The quantitative estimate of drug-likeness (QED) is 0.736. The van der Waals surface area contributed by atoms with Gasteiger partial charge in [-0.15, -0.1) is 11.3 Å². The standard InChI is InChI=1S/C18H20N6O2S/c1-12-11-24-17(26)14(10-20-18(24)27-12)16(25)21-13-3-4-15(19-9-13)23-7-5-22(2)6-8-23/h3-4,9-11H,5-8H2,1-2H3,(H,21,25). The Hall–Kier alpha value is -2.78. The van der Waals surface area contributed by atoms with Crippen LogP contribution < -0.4 is 15.8 Å². The van der Waals surface area contributed by atoms with Gasteiger partial charge in [0.1, 0.15) is 11.4 Å². The van der Waals surface area contributed by atoms with Crippen molar-refractivity contribution >= 4 is 33.7 Å². The average molecular weight is 384 g/mol. The zero-order valence-corrected chi connectivity index (χ0v) is 16.0. The van der Waals surface area contributed by atoms with Crippen LogP contribution in [0, 0.1) is 6.92 Å². The molecule has 140 valence electrons. The van der Waals surface area contributed by atoms with Crippen molar-refractivity contribution in [3.63, 3.8) is 0 Å². The fourth-order valence-electron chi connectivity index (χ4n) is 3.03. The Kier molecular flexibility index (Phi) is 4.63. The van der Waals surface area contributed by atoms with Crippen LogP contribution in [0.3, 0.4) is 0 Å². The lowest BCUT2D eigenvalue weighted by Gasteiger charge is -2.33. The molecular weight excluding hydrogens is 364 g/mol. The van der Waals surface area contributed by atoms with E-state index in [0.717, 1.165) is 36.9 Å². The Morgan fingerprint density at radius 3 is 2.63 bits per heavy atom. The maximum Gasteiger partial charge on any atom is 0.271 e. The molecule has 1 N–H and O–H groups in total. The fraction of sp³-hybridized carbons (Fsp3) is 0.333. The van der Waals surface area contributed by atoms with Gasteiger partial charge in [-0.3, -0.25) is 14.0 Å². The maximum atomic E-state index is 12.5. The van der Waals surface area contributed by atoms with Gasteiger partial charge in [-0.2, -0.15) is 0 Å². The van der Waals surface area contributed by atoms with Crippen LogP contribution in [0.4, 0.5) is 11.5 Å². The minimum Gasteiger partial charge on any atom is -0.354 e. The molecular formula is C18H20N6O2S. The van der Waals surface area contributed by atoms with Gasteiger partial charge in [-0.1, -0.05) is 0 Å². The summed E-state index contributed by atoms with van der Waals surface area (Å²) in [4.78, 5) is 39.7. The highest BCUT2D eigenvalue weighted by Gasteiger charge is 2.17. The van der Waals surface area contributed by atoms with Crippen LogP contribution in [0.1, 0.15) is 15.2 Å². The Bertz CT molecular complexity index is 1030. The first-order valence-electron chi connectivity index (χ1n) is 8.70. The van der Waals surface area contributed by atoms with Gasteiger partial charge >= 0.3 is 0 Å². The summed E-state index contributed by atoms with van der Waals surface area (Å²) in [7, 11) is 2.11. The summed E-state index contributed by atoms with van der Waals surface area (Å²) in [6.45, 7) is 5.75. The molecule has 3 aromatic heterocycles. The van der Waals surface area contributed by atoms with Crippen LogP contribution >= 0.6 is 11.3 Å². The summed E-state index contributed by atoms with van der Waals surface area (Å²) in [5, 5.41) is 2.73. The minimum atomic E-state index is -0.486. The van der Waals surface area contributed by atoms with Crippen molar-refractivity contribution < 1.29 is 4.79 Å². The molecule has 0 bridgehead atoms. The molecule has 4 rings (SSSR count). The van der Waals surface area contributed by atoms with Crippen LogP contribution in [-0.2, 0) is 0 Å². The number of thiazole rings is 1. The Balaban J connectivity index is 1.50. The number of nitrogens with one attached hydrogen (secondary N) is 1. The van der Waals surface area contributed by atoms with E-state index in [9.17, 15) is 9.59 Å². The van der Waals surface area contributed by atoms with E-state index in [4.69, 9.17) is 0 Å². The summed E-state index contributed by atoms with van der Waals surface area (Å²) in [5.41, 5.74) is 0.182. The van der Waals surface area contributed by atoms with Crippen molar-refractivity contribution in [1.82, 2.24) is 19.3 Å². The highest BCUT2D eigenvalue weighted by Crippen LogP contribution is 2.17. The van der Waals surface area contributed by atoms with Gasteiger partial charge in [0.25, 0.3) is 11.5 Å². The van der Waals surface area contributed by atoms with Gasteiger partial charge in [-0.05, 0) is 26.1 Å². The van der Waals surface area contributed by atoms with Crippen LogP contribution in [0.15, 0.2) is 35.5 Å². The van der Waals surface area contributed by atoms with E-state index in [1.165, 1.54) is 21.9 Å². The molecule has 1 amide bonds. The summed E-state index contributed by atoms with van der Waals surface area (Å²) in [6, 6.07) is 3.69. The number of aryl methyl sites for hydroxylation is 1. The van der Waals surface area contributed by atoms with Crippen LogP contribution in [-0.4, -0.2) is 58.4 Å². The molecule has 1 fully saturated rings. The zero-order chi connectivity index (χ0) is 19.0. The van der Waals surface area contributed by atoms with Gasteiger partial charge in [0, 0.05) is 43.4 Å². The second kappa shape index (κ2) is 7.09. The number of amides is 1. The molecule has 0 saturated carbocycles. The summed E-state index contributed by atoms with van der Waals surface area (Å²) in [5.74, 6) is 0.401. The third-order valence-corrected chi connectivity index (χ3v) is 5.51. The number of aromatic nitrogens is 3. The molecule has 4 heterocycles. The molecule has 0 atom stereocenters. The van der Waals surface area contributed by atoms with Crippen molar-refractivity contribution in [2.24, 2.45) is 0 Å². The lowest BCUT2D eigenvalue weighted by molar-refractivity contribution is 0.102. The van der Waals surface area contributed by atoms with Crippen molar-refractivity contribution in [3.8, 4) is 0 Å². The molecule has 0 spiro atoms. The van der Waals surface area contributed by atoms with Gasteiger partial charge in [0.15, 0.2) is 4.96 Å². The minimum absolute atomic E-state index is 0.00782. The van der Waals surface area contributed by atoms with Crippen LogP contribution in [0.25, 0.3) is 4.96 Å². The molecule has 1 aliphatic heterocycles. The lowest BCUT2D eigenvalue weighted by Crippen LogP contribution is -2.44. The van der Waals surface area contributed by atoms with Crippen LogP contribution in [0.5, 0.6) is 0 Å². The van der Waals surface area contributed by atoms with E-state index in [0.29, 0.717) is 10.6 Å². The number of hydrogen-bond acceptors (Lipinski definition) is 7. The predicted octanol–water partition coefficient (Wildman–Crippen LogP) is 1.46. The largest absolute Gasteiger partial charge is 0.354 e. The summed E-state index contributed by atoms with van der Waals surface area (Å²) in [6.07, 6.45) is 4.64. The third-order valence-electron chi connectivity index (χ3n) is 4.60. The predicted molar refractivity (Wildman–Crippen MR) is 106 cm³/mol. The molecule has 0 unspecified atom stereocenters. The number of carbonyl (C=O) groups excluding carboxylic acids is 1. The third kappa shape index (κ3) is 3.56. The number of rotatable bonds is 3. The number of piperazine rings is 1. The Morgan fingerprint density at radius 2 is 1.93 bits per heavy atom. The van der Waals surface area contributed by atoms with E-state index >= 15 is 0 Å². The highest BCUT2D eigenvalue weighted by molar-refractivity contribution is 7.16. The number of likely N-dealkylation sites (N-methyl/N-ethyl adjacent to an activating group) is 1. The number of hydrogen-bond donors (Lipinski definition) is 1. The normalized spacial score (nSPS) is 15.3. The van der Waals surface area contributed by atoms with Crippen molar-refractivity contribution in [3.05, 3.63) is 51.5 Å². The number of nitrogens with zero attached hydrogens (tertiary/aromatic N) is 5. The first kappa shape index (κ1) is 17.6. The van der Waals surface area contributed by atoms with E-state index < -0.39 is 5.91 Å².